The summed E-state index contributed by atoms with van der Waals surface area (Å²) in [5, 5.41) is 3.75. The van der Waals surface area contributed by atoms with Crippen molar-refractivity contribution in [3.63, 3.8) is 0 Å². The van der Waals surface area contributed by atoms with Crippen LogP contribution in [-0.4, -0.2) is 10.9 Å². The summed E-state index contributed by atoms with van der Waals surface area (Å²) >= 11 is 0. The van der Waals surface area contributed by atoms with E-state index in [1.54, 1.807) is 19.9 Å². The van der Waals surface area contributed by atoms with Crippen LogP contribution < -0.4 is 5.32 Å². The molecule has 1 amide bonds. The first-order valence-electron chi connectivity index (χ1n) is 6.28. The van der Waals surface area contributed by atoms with Crippen LogP contribution in [0.25, 0.3) is 11.0 Å². The lowest BCUT2D eigenvalue weighted by molar-refractivity contribution is 0.0994. The van der Waals surface area contributed by atoms with E-state index in [1.165, 1.54) is 0 Å². The molecule has 5 nitrogen and oxygen atoms in total. The van der Waals surface area contributed by atoms with Crippen LogP contribution in [0, 0.1) is 20.8 Å². The minimum atomic E-state index is -0.303. The Bertz CT molecular complexity index is 799. The quantitative estimate of drug-likeness (QED) is 0.772. The number of hydrogen-bond acceptors (Lipinski definition) is 4. The molecule has 0 bridgehead atoms. The van der Waals surface area contributed by atoms with Gasteiger partial charge in [0.25, 0.3) is 5.91 Å². The number of furan rings is 1. The fraction of sp³-hybridized carbons (Fsp3) is 0.200. The molecule has 0 radical (unpaired) electrons. The zero-order chi connectivity index (χ0) is 14.3. The van der Waals surface area contributed by atoms with Gasteiger partial charge in [-0.2, -0.15) is 0 Å². The molecule has 2 heterocycles. The Kier molecular flexibility index (Phi) is 2.82. The summed E-state index contributed by atoms with van der Waals surface area (Å²) in [5.74, 6) is 1.26. The molecule has 0 unspecified atom stereocenters. The lowest BCUT2D eigenvalue weighted by Crippen LogP contribution is -2.12. The zero-order valence-electron chi connectivity index (χ0n) is 11.5. The average Bonchev–Trinajstić information content (AvgIpc) is 2.90. The number of amides is 1. The van der Waals surface area contributed by atoms with Gasteiger partial charge < -0.3 is 14.2 Å². The maximum absolute atomic E-state index is 12.1. The SMILES string of the molecule is Cc1cc2cc(NC(=O)c3oc(C)nc3C)ccc2o1. The highest BCUT2D eigenvalue weighted by Crippen LogP contribution is 2.23. The number of oxazole rings is 1. The van der Waals surface area contributed by atoms with E-state index in [-0.39, 0.29) is 11.7 Å². The van der Waals surface area contributed by atoms with Crippen LogP contribution in [0.2, 0.25) is 0 Å². The van der Waals surface area contributed by atoms with Crippen LogP contribution in [0.4, 0.5) is 5.69 Å². The predicted octanol–water partition coefficient (Wildman–Crippen LogP) is 3.60. The highest BCUT2D eigenvalue weighted by atomic mass is 16.4. The van der Waals surface area contributed by atoms with Crippen LogP contribution in [0.3, 0.4) is 0 Å². The second-order valence-electron chi connectivity index (χ2n) is 4.71. The Morgan fingerprint density at radius 2 is 1.95 bits per heavy atom. The molecule has 3 rings (SSSR count). The first-order chi connectivity index (χ1) is 9.52. The van der Waals surface area contributed by atoms with Gasteiger partial charge in [-0.15, -0.1) is 0 Å². The Labute approximate surface area is 115 Å². The Hall–Kier alpha value is -2.56. The number of rotatable bonds is 2. The summed E-state index contributed by atoms with van der Waals surface area (Å²) in [6, 6.07) is 7.41. The average molecular weight is 270 g/mol. The number of hydrogen-bond donors (Lipinski definition) is 1. The van der Waals surface area contributed by atoms with Crippen molar-refractivity contribution in [3.05, 3.63) is 47.4 Å². The molecule has 0 atom stereocenters. The van der Waals surface area contributed by atoms with Crippen molar-refractivity contribution < 1.29 is 13.6 Å². The predicted molar refractivity (Wildman–Crippen MR) is 74.9 cm³/mol. The zero-order valence-corrected chi connectivity index (χ0v) is 11.5. The van der Waals surface area contributed by atoms with Gasteiger partial charge in [0.05, 0.1) is 5.69 Å². The molecule has 1 aromatic carbocycles. The summed E-state index contributed by atoms with van der Waals surface area (Å²) in [6.07, 6.45) is 0. The second-order valence-corrected chi connectivity index (χ2v) is 4.71. The third-order valence-corrected chi connectivity index (χ3v) is 3.01. The van der Waals surface area contributed by atoms with E-state index < -0.39 is 0 Å². The summed E-state index contributed by atoms with van der Waals surface area (Å²) in [4.78, 5) is 16.2. The van der Waals surface area contributed by atoms with E-state index in [1.807, 2.05) is 25.1 Å². The van der Waals surface area contributed by atoms with Crippen LogP contribution in [0.5, 0.6) is 0 Å². The van der Waals surface area contributed by atoms with Crippen LogP contribution in [0.1, 0.15) is 27.9 Å². The topological polar surface area (TPSA) is 68.3 Å². The molecule has 0 fully saturated rings. The molecule has 3 aromatic rings. The highest BCUT2D eigenvalue weighted by Gasteiger charge is 2.16. The molecule has 1 N–H and O–H groups in total. The van der Waals surface area contributed by atoms with E-state index in [9.17, 15) is 4.79 Å². The fourth-order valence-corrected chi connectivity index (χ4v) is 2.18. The number of fused-ring (bicyclic) bond motifs is 1. The second kappa shape index (κ2) is 4.52. The number of aryl methyl sites for hydroxylation is 3. The monoisotopic (exact) mass is 270 g/mol. The van der Waals surface area contributed by atoms with Crippen LogP contribution in [0.15, 0.2) is 33.1 Å². The van der Waals surface area contributed by atoms with E-state index in [0.717, 1.165) is 16.7 Å². The molecule has 0 aliphatic carbocycles. The molecule has 5 heteroatoms. The molecule has 0 aliphatic heterocycles. The molecular formula is C15H14N2O3. The van der Waals surface area contributed by atoms with Gasteiger partial charge in [-0.3, -0.25) is 4.79 Å². The number of carbonyl (C=O) groups is 1. The van der Waals surface area contributed by atoms with Gasteiger partial charge in [0.1, 0.15) is 11.3 Å². The van der Waals surface area contributed by atoms with Gasteiger partial charge in [-0.25, -0.2) is 4.98 Å². The normalized spacial score (nSPS) is 10.9. The highest BCUT2D eigenvalue weighted by molar-refractivity contribution is 6.03. The van der Waals surface area contributed by atoms with E-state index in [2.05, 4.69) is 10.3 Å². The molecule has 0 aliphatic rings. The van der Waals surface area contributed by atoms with E-state index in [0.29, 0.717) is 17.3 Å². The molecule has 2 aromatic heterocycles. The minimum Gasteiger partial charge on any atom is -0.461 e. The molecule has 0 spiro atoms. The molecule has 0 saturated carbocycles. The smallest absolute Gasteiger partial charge is 0.293 e. The molecule has 0 saturated heterocycles. The Morgan fingerprint density at radius 1 is 1.15 bits per heavy atom. The van der Waals surface area contributed by atoms with Gasteiger partial charge in [0.15, 0.2) is 5.89 Å². The standard InChI is InChI=1S/C15H14N2O3/c1-8-6-11-7-12(4-5-13(11)19-8)17-15(18)14-9(2)16-10(3)20-14/h4-7H,1-3H3,(H,17,18). The van der Waals surface area contributed by atoms with Crippen LogP contribution in [-0.2, 0) is 0 Å². The van der Waals surface area contributed by atoms with Crippen molar-refractivity contribution in [2.45, 2.75) is 20.8 Å². The first kappa shape index (κ1) is 12.5. The molecule has 102 valence electrons. The van der Waals surface area contributed by atoms with Crippen molar-refractivity contribution in [2.24, 2.45) is 0 Å². The summed E-state index contributed by atoms with van der Waals surface area (Å²) in [7, 11) is 0. The van der Waals surface area contributed by atoms with Gasteiger partial charge in [-0.05, 0) is 38.1 Å². The van der Waals surface area contributed by atoms with Crippen molar-refractivity contribution in [1.29, 1.82) is 0 Å². The van der Waals surface area contributed by atoms with Gasteiger partial charge in [0.2, 0.25) is 5.76 Å². The number of nitrogens with one attached hydrogen (secondary N) is 1. The van der Waals surface area contributed by atoms with Crippen molar-refractivity contribution >= 4 is 22.6 Å². The fourth-order valence-electron chi connectivity index (χ4n) is 2.18. The molecular weight excluding hydrogens is 256 g/mol. The maximum atomic E-state index is 12.1. The minimum absolute atomic E-state index is 0.242. The largest absolute Gasteiger partial charge is 0.461 e. The van der Waals surface area contributed by atoms with E-state index in [4.69, 9.17) is 8.83 Å². The maximum Gasteiger partial charge on any atom is 0.293 e. The van der Waals surface area contributed by atoms with Crippen LogP contribution >= 0.6 is 0 Å². The number of aromatic nitrogens is 1. The Morgan fingerprint density at radius 3 is 2.65 bits per heavy atom. The van der Waals surface area contributed by atoms with Crippen molar-refractivity contribution in [1.82, 2.24) is 4.98 Å². The van der Waals surface area contributed by atoms with E-state index >= 15 is 0 Å². The number of benzene rings is 1. The van der Waals surface area contributed by atoms with Gasteiger partial charge in [0, 0.05) is 18.0 Å². The number of anilines is 1. The van der Waals surface area contributed by atoms with Gasteiger partial charge >= 0.3 is 0 Å². The van der Waals surface area contributed by atoms with Crippen molar-refractivity contribution in [3.8, 4) is 0 Å². The third-order valence-electron chi connectivity index (χ3n) is 3.01. The van der Waals surface area contributed by atoms with Crippen molar-refractivity contribution in [2.75, 3.05) is 5.32 Å². The molecule has 20 heavy (non-hydrogen) atoms. The first-order valence-corrected chi connectivity index (χ1v) is 6.28. The van der Waals surface area contributed by atoms with Gasteiger partial charge in [-0.1, -0.05) is 0 Å². The summed E-state index contributed by atoms with van der Waals surface area (Å²) < 4.78 is 10.8. The lowest BCUT2D eigenvalue weighted by Gasteiger charge is -2.03. The number of carbonyl (C=O) groups excluding carboxylic acids is 1. The Balaban J connectivity index is 1.88. The third kappa shape index (κ3) is 2.18. The summed E-state index contributed by atoms with van der Waals surface area (Å²) in [5.41, 5.74) is 2.07. The lowest BCUT2D eigenvalue weighted by atomic mass is 10.2. The number of nitrogens with zero attached hydrogens (tertiary/aromatic N) is 1. The summed E-state index contributed by atoms with van der Waals surface area (Å²) in [6.45, 7) is 5.34.